The lowest BCUT2D eigenvalue weighted by molar-refractivity contribution is 0.600. The molecule has 0 aliphatic rings. The van der Waals surface area contributed by atoms with Crippen molar-refractivity contribution in [3.8, 4) is 11.1 Å². The molecule has 5 heteroatoms. The van der Waals surface area contributed by atoms with Crippen molar-refractivity contribution in [3.63, 3.8) is 0 Å². The summed E-state index contributed by atoms with van der Waals surface area (Å²) >= 11 is 0. The van der Waals surface area contributed by atoms with Crippen LogP contribution in [0.15, 0.2) is 79.7 Å². The van der Waals surface area contributed by atoms with Gasteiger partial charge in [0.15, 0.2) is 0 Å². The van der Waals surface area contributed by atoms with Gasteiger partial charge in [-0.1, -0.05) is 43.5 Å². The maximum Gasteiger partial charge on any atom is 0.233 e. The number of nitrogens with zero attached hydrogens (tertiary/aromatic N) is 1. The smallest absolute Gasteiger partial charge is 0.233 e. The van der Waals surface area contributed by atoms with Crippen LogP contribution in [0, 0.1) is 6.92 Å². The van der Waals surface area contributed by atoms with E-state index in [1.807, 2.05) is 25.1 Å². The highest BCUT2D eigenvalue weighted by molar-refractivity contribution is 7.92. The molecule has 1 heterocycles. The van der Waals surface area contributed by atoms with E-state index >= 15 is 0 Å². The quantitative estimate of drug-likeness (QED) is 0.711. The van der Waals surface area contributed by atoms with Gasteiger partial charge in [0, 0.05) is 23.6 Å². The van der Waals surface area contributed by atoms with Crippen molar-refractivity contribution < 1.29 is 8.42 Å². The number of rotatable bonds is 8. The summed E-state index contributed by atoms with van der Waals surface area (Å²) in [5.74, 6) is -0.0117. The zero-order valence-corrected chi connectivity index (χ0v) is 15.1. The number of sulfonamides is 1. The van der Waals surface area contributed by atoms with Crippen molar-refractivity contribution in [2.75, 3.05) is 10.5 Å². The molecule has 130 valence electrons. The lowest BCUT2D eigenvalue weighted by Gasteiger charge is -2.10. The molecule has 0 spiro atoms. The third-order valence-corrected chi connectivity index (χ3v) is 5.05. The van der Waals surface area contributed by atoms with Gasteiger partial charge in [0.25, 0.3) is 0 Å². The van der Waals surface area contributed by atoms with Gasteiger partial charge in [0.2, 0.25) is 10.0 Å². The summed E-state index contributed by atoms with van der Waals surface area (Å²) in [5, 5.41) is 0. The number of nitrogens with one attached hydrogen (secondary N) is 1. The first-order valence-corrected chi connectivity index (χ1v) is 9.56. The minimum absolute atomic E-state index is 0.0117. The second-order valence-electron chi connectivity index (χ2n) is 5.62. The first-order valence-electron chi connectivity index (χ1n) is 7.91. The Morgan fingerprint density at radius 1 is 1.20 bits per heavy atom. The molecule has 25 heavy (non-hydrogen) atoms. The summed E-state index contributed by atoms with van der Waals surface area (Å²) in [5.41, 5.74) is 4.52. The lowest BCUT2D eigenvalue weighted by Crippen LogP contribution is -2.16. The summed E-state index contributed by atoms with van der Waals surface area (Å²) in [4.78, 5) is 4.14. The number of aromatic nitrogens is 1. The molecule has 0 fully saturated rings. The zero-order chi connectivity index (χ0) is 18.3. The van der Waals surface area contributed by atoms with E-state index in [2.05, 4.69) is 22.9 Å². The molecule has 4 nitrogen and oxygen atoms in total. The molecule has 1 N–H and O–H groups in total. The Labute approximate surface area is 149 Å². The Morgan fingerprint density at radius 2 is 1.92 bits per heavy atom. The SMILES string of the molecule is C=C/C=C(\C=C)CCS(=O)(=O)Nc1ccc(-c2cnccc2C)cc1. The molecule has 1 aromatic heterocycles. The maximum absolute atomic E-state index is 12.2. The molecule has 0 saturated carbocycles. The van der Waals surface area contributed by atoms with E-state index in [4.69, 9.17) is 0 Å². The Morgan fingerprint density at radius 3 is 2.52 bits per heavy atom. The summed E-state index contributed by atoms with van der Waals surface area (Å²) in [7, 11) is -3.43. The average molecular weight is 354 g/mol. The monoisotopic (exact) mass is 354 g/mol. The fourth-order valence-electron chi connectivity index (χ4n) is 2.37. The van der Waals surface area contributed by atoms with Crippen LogP contribution >= 0.6 is 0 Å². The standard InChI is InChI=1S/C20H22N2O2S/c1-4-6-17(5-2)12-14-25(23,24)22-19-9-7-18(8-10-19)20-15-21-13-11-16(20)3/h4-11,13,15,22H,1-2,12,14H2,3H3/b17-6+. The Balaban J connectivity index is 2.07. The highest BCUT2D eigenvalue weighted by atomic mass is 32.2. The first-order chi connectivity index (χ1) is 11.9. The van der Waals surface area contributed by atoms with Gasteiger partial charge >= 0.3 is 0 Å². The van der Waals surface area contributed by atoms with Crippen LogP contribution in [0.5, 0.6) is 0 Å². The fourth-order valence-corrected chi connectivity index (χ4v) is 3.47. The van der Waals surface area contributed by atoms with Crippen molar-refractivity contribution in [1.82, 2.24) is 4.98 Å². The summed E-state index contributed by atoms with van der Waals surface area (Å²) < 4.78 is 27.1. The molecule has 0 radical (unpaired) electrons. The third kappa shape index (κ3) is 5.43. The summed E-state index contributed by atoms with van der Waals surface area (Å²) in [6, 6.07) is 9.23. The molecule has 1 aromatic carbocycles. The number of hydrogen-bond acceptors (Lipinski definition) is 3. The van der Waals surface area contributed by atoms with E-state index in [1.165, 1.54) is 0 Å². The van der Waals surface area contributed by atoms with E-state index in [0.717, 1.165) is 22.3 Å². The van der Waals surface area contributed by atoms with Gasteiger partial charge in [-0.3, -0.25) is 9.71 Å². The predicted molar refractivity (Wildman–Crippen MR) is 105 cm³/mol. The average Bonchev–Trinajstić information content (AvgIpc) is 2.59. The second-order valence-corrected chi connectivity index (χ2v) is 7.46. The van der Waals surface area contributed by atoms with Crippen LogP contribution in [0.1, 0.15) is 12.0 Å². The van der Waals surface area contributed by atoms with Crippen molar-refractivity contribution in [3.05, 3.63) is 85.2 Å². The predicted octanol–water partition coefficient (Wildman–Crippen LogP) is 4.49. The molecule has 0 amide bonds. The lowest BCUT2D eigenvalue weighted by atomic mass is 10.0. The highest BCUT2D eigenvalue weighted by Gasteiger charge is 2.11. The van der Waals surface area contributed by atoms with Crippen molar-refractivity contribution >= 4 is 15.7 Å². The van der Waals surface area contributed by atoms with E-state index in [0.29, 0.717) is 12.1 Å². The molecule has 2 aromatic rings. The zero-order valence-electron chi connectivity index (χ0n) is 14.3. The van der Waals surface area contributed by atoms with Crippen LogP contribution in [0.4, 0.5) is 5.69 Å². The van der Waals surface area contributed by atoms with Crippen LogP contribution < -0.4 is 4.72 Å². The molecule has 0 saturated heterocycles. The number of anilines is 1. The number of aryl methyl sites for hydroxylation is 1. The summed E-state index contributed by atoms with van der Waals surface area (Å²) in [6.07, 6.45) is 8.96. The van der Waals surface area contributed by atoms with Crippen molar-refractivity contribution in [2.24, 2.45) is 0 Å². The van der Waals surface area contributed by atoms with E-state index in [-0.39, 0.29) is 5.75 Å². The van der Waals surface area contributed by atoms with Crippen molar-refractivity contribution in [2.45, 2.75) is 13.3 Å². The Hall–Kier alpha value is -2.66. The van der Waals surface area contributed by atoms with Gasteiger partial charge in [0.05, 0.1) is 5.75 Å². The minimum Gasteiger partial charge on any atom is -0.284 e. The minimum atomic E-state index is -3.43. The summed E-state index contributed by atoms with van der Waals surface area (Å²) in [6.45, 7) is 9.30. The fraction of sp³-hybridized carbons (Fsp3) is 0.150. The van der Waals surface area contributed by atoms with Crippen LogP contribution in [0.2, 0.25) is 0 Å². The van der Waals surface area contributed by atoms with Crippen LogP contribution in [0.3, 0.4) is 0 Å². The molecule has 0 atom stereocenters. The third-order valence-electron chi connectivity index (χ3n) is 3.76. The van der Waals surface area contributed by atoms with Gasteiger partial charge in [0.1, 0.15) is 0 Å². The van der Waals surface area contributed by atoms with Crippen molar-refractivity contribution in [1.29, 1.82) is 0 Å². The van der Waals surface area contributed by atoms with Crippen LogP contribution in [-0.2, 0) is 10.0 Å². The van der Waals surface area contributed by atoms with Gasteiger partial charge in [-0.05, 0) is 48.2 Å². The van der Waals surface area contributed by atoms with Gasteiger partial charge in [-0.2, -0.15) is 0 Å². The van der Waals surface area contributed by atoms with E-state index < -0.39 is 10.0 Å². The molecular formula is C20H22N2O2S. The second kappa shape index (κ2) is 8.44. The molecule has 0 aliphatic carbocycles. The highest BCUT2D eigenvalue weighted by Crippen LogP contribution is 2.24. The topological polar surface area (TPSA) is 59.1 Å². The first kappa shape index (κ1) is 18.7. The largest absolute Gasteiger partial charge is 0.284 e. The number of allylic oxidation sites excluding steroid dienone is 4. The molecule has 0 bridgehead atoms. The maximum atomic E-state index is 12.2. The van der Waals surface area contributed by atoms with Crippen LogP contribution in [0.25, 0.3) is 11.1 Å². The Kier molecular flexibility index (Phi) is 6.31. The molecule has 0 unspecified atom stereocenters. The van der Waals surface area contributed by atoms with Gasteiger partial charge in [-0.25, -0.2) is 8.42 Å². The van der Waals surface area contributed by atoms with Crippen LogP contribution in [-0.4, -0.2) is 19.2 Å². The number of hydrogen-bond donors (Lipinski definition) is 1. The molecular weight excluding hydrogens is 332 g/mol. The number of pyridine rings is 1. The normalized spacial score (nSPS) is 11.8. The van der Waals surface area contributed by atoms with E-state index in [1.54, 1.807) is 42.8 Å². The Bertz CT molecular complexity index is 882. The van der Waals surface area contributed by atoms with Gasteiger partial charge in [-0.15, -0.1) is 0 Å². The molecule has 0 aliphatic heterocycles. The number of benzene rings is 1. The van der Waals surface area contributed by atoms with Gasteiger partial charge < -0.3 is 0 Å². The molecule has 2 rings (SSSR count). The van der Waals surface area contributed by atoms with E-state index in [9.17, 15) is 8.42 Å².